The molecule has 1 N–H and O–H groups in total. The van der Waals surface area contributed by atoms with E-state index >= 15 is 0 Å². The second-order valence-corrected chi connectivity index (χ2v) is 8.76. The second kappa shape index (κ2) is 25.4. The molecule has 0 aromatic carbocycles. The van der Waals surface area contributed by atoms with E-state index in [1.165, 1.54) is 83.5 Å². The summed E-state index contributed by atoms with van der Waals surface area (Å²) in [6.07, 6.45) is 25.7. The van der Waals surface area contributed by atoms with Gasteiger partial charge in [0.2, 0.25) is 0 Å². The number of hydrogen-bond donors (Lipinski definition) is 1. The molecule has 0 saturated carbocycles. The zero-order valence-corrected chi connectivity index (χ0v) is 20.8. The quantitative estimate of drug-likeness (QED) is 0.0957. The van der Waals surface area contributed by atoms with Crippen molar-refractivity contribution < 1.29 is 19.4 Å². The number of aliphatic hydroxyl groups is 1. The Morgan fingerprint density at radius 1 is 0.742 bits per heavy atom. The molecule has 0 amide bonds. The van der Waals surface area contributed by atoms with E-state index in [-0.39, 0.29) is 12.6 Å². The van der Waals surface area contributed by atoms with Crippen LogP contribution >= 0.6 is 0 Å². The molecule has 1 atom stereocenters. The number of ether oxygens (including phenoxy) is 2. The Balaban J connectivity index is 3.36. The minimum Gasteiger partial charge on any atom is -0.457 e. The van der Waals surface area contributed by atoms with E-state index in [0.29, 0.717) is 19.6 Å². The molecule has 0 spiro atoms. The van der Waals surface area contributed by atoms with Crippen molar-refractivity contribution in [3.05, 3.63) is 12.2 Å². The molecule has 0 aromatic rings. The maximum atomic E-state index is 11.7. The number of rotatable bonds is 24. The smallest absolute Gasteiger partial charge is 0.306 e. The highest BCUT2D eigenvalue weighted by Gasteiger charge is 2.13. The van der Waals surface area contributed by atoms with Crippen molar-refractivity contribution in [3.8, 4) is 0 Å². The van der Waals surface area contributed by atoms with Crippen molar-refractivity contribution in [1.82, 2.24) is 0 Å². The highest BCUT2D eigenvalue weighted by Crippen LogP contribution is 2.10. The Hall–Kier alpha value is -0.870. The highest BCUT2D eigenvalue weighted by atomic mass is 16.6. The van der Waals surface area contributed by atoms with Gasteiger partial charge in [0.15, 0.2) is 0 Å². The molecule has 1 unspecified atom stereocenters. The van der Waals surface area contributed by atoms with Crippen LogP contribution in [0.2, 0.25) is 0 Å². The van der Waals surface area contributed by atoms with Crippen LogP contribution in [0, 0.1) is 0 Å². The monoisotopic (exact) mass is 440 g/mol. The van der Waals surface area contributed by atoms with Crippen molar-refractivity contribution in [2.45, 2.75) is 136 Å². The number of allylic oxidation sites excluding steroid dienone is 2. The molecule has 0 bridgehead atoms. The molecule has 0 aromatic heterocycles. The summed E-state index contributed by atoms with van der Waals surface area (Å²) in [5, 5.41) is 9.33. The summed E-state index contributed by atoms with van der Waals surface area (Å²) in [5.41, 5.74) is 0. The number of hydrogen-bond acceptors (Lipinski definition) is 4. The predicted octanol–water partition coefficient (Wildman–Crippen LogP) is 7.52. The first kappa shape index (κ1) is 30.1. The molecule has 0 heterocycles. The van der Waals surface area contributed by atoms with Gasteiger partial charge in [-0.3, -0.25) is 4.79 Å². The number of esters is 1. The molecule has 4 nitrogen and oxygen atoms in total. The second-order valence-electron chi connectivity index (χ2n) is 8.76. The van der Waals surface area contributed by atoms with Gasteiger partial charge >= 0.3 is 5.97 Å². The molecule has 184 valence electrons. The van der Waals surface area contributed by atoms with Crippen LogP contribution in [0.1, 0.15) is 129 Å². The van der Waals surface area contributed by atoms with Gasteiger partial charge in [-0.1, -0.05) is 96.6 Å². The van der Waals surface area contributed by atoms with Crippen LogP contribution in [0.4, 0.5) is 0 Å². The van der Waals surface area contributed by atoms with Crippen LogP contribution in [0.15, 0.2) is 12.2 Å². The molecule has 0 fully saturated rings. The summed E-state index contributed by atoms with van der Waals surface area (Å²) >= 11 is 0. The standard InChI is InChI=1S/C27H52O4/c1-3-5-7-8-9-10-11-12-13-14-15-16-17-18-19-21-23-30-25-26(24-28)31-27(29)22-20-6-4-2/h12-13,26,28H,3-11,14-25H2,1-2H3/b13-12-. The first-order valence-corrected chi connectivity index (χ1v) is 13.3. The van der Waals surface area contributed by atoms with Crippen LogP contribution in [0.3, 0.4) is 0 Å². The Bertz CT molecular complexity index is 395. The van der Waals surface area contributed by atoms with Crippen molar-refractivity contribution in [3.63, 3.8) is 0 Å². The molecule has 0 aliphatic rings. The fraction of sp³-hybridized carbons (Fsp3) is 0.889. The molecule has 0 radical (unpaired) electrons. The zero-order chi connectivity index (χ0) is 22.8. The van der Waals surface area contributed by atoms with Gasteiger partial charge in [-0.05, 0) is 38.5 Å². The minimum atomic E-state index is -0.525. The average molecular weight is 441 g/mol. The van der Waals surface area contributed by atoms with E-state index in [1.807, 2.05) is 0 Å². The Kier molecular flexibility index (Phi) is 24.7. The van der Waals surface area contributed by atoms with E-state index < -0.39 is 6.10 Å². The molecule has 0 rings (SSSR count). The molecule has 0 aliphatic heterocycles. The number of unbranched alkanes of at least 4 members (excludes halogenated alkanes) is 14. The maximum Gasteiger partial charge on any atom is 0.306 e. The van der Waals surface area contributed by atoms with Gasteiger partial charge in [-0.25, -0.2) is 0 Å². The first-order valence-electron chi connectivity index (χ1n) is 13.3. The average Bonchev–Trinajstić information content (AvgIpc) is 2.77. The lowest BCUT2D eigenvalue weighted by Crippen LogP contribution is -2.27. The lowest BCUT2D eigenvalue weighted by atomic mass is 10.1. The number of aliphatic hydroxyl groups excluding tert-OH is 1. The largest absolute Gasteiger partial charge is 0.457 e. The van der Waals surface area contributed by atoms with E-state index in [9.17, 15) is 9.90 Å². The van der Waals surface area contributed by atoms with Crippen molar-refractivity contribution in [2.75, 3.05) is 19.8 Å². The topological polar surface area (TPSA) is 55.8 Å². The fourth-order valence-corrected chi connectivity index (χ4v) is 3.55. The van der Waals surface area contributed by atoms with Crippen molar-refractivity contribution in [2.24, 2.45) is 0 Å². The first-order chi connectivity index (χ1) is 15.2. The van der Waals surface area contributed by atoms with E-state index in [4.69, 9.17) is 9.47 Å². The van der Waals surface area contributed by atoms with Crippen molar-refractivity contribution >= 4 is 5.97 Å². The van der Waals surface area contributed by atoms with Gasteiger partial charge in [0.1, 0.15) is 6.10 Å². The Labute approximate surface area is 193 Å². The minimum absolute atomic E-state index is 0.174. The predicted molar refractivity (Wildman–Crippen MR) is 131 cm³/mol. The summed E-state index contributed by atoms with van der Waals surface area (Å²) in [6, 6.07) is 0. The molecular weight excluding hydrogens is 388 g/mol. The van der Waals surface area contributed by atoms with Crippen LogP contribution in [0.25, 0.3) is 0 Å². The van der Waals surface area contributed by atoms with E-state index in [0.717, 1.165) is 25.7 Å². The van der Waals surface area contributed by atoms with Gasteiger partial charge < -0.3 is 14.6 Å². The normalized spacial score (nSPS) is 12.5. The van der Waals surface area contributed by atoms with Crippen LogP contribution in [-0.2, 0) is 14.3 Å². The van der Waals surface area contributed by atoms with Gasteiger partial charge in [-0.2, -0.15) is 0 Å². The van der Waals surface area contributed by atoms with Crippen LogP contribution < -0.4 is 0 Å². The molecule has 0 saturated heterocycles. The molecule has 0 aliphatic carbocycles. The molecule has 31 heavy (non-hydrogen) atoms. The summed E-state index contributed by atoms with van der Waals surface area (Å²) in [6.45, 7) is 5.16. The summed E-state index contributed by atoms with van der Waals surface area (Å²) in [5.74, 6) is -0.228. The van der Waals surface area contributed by atoms with Crippen LogP contribution in [0.5, 0.6) is 0 Å². The van der Waals surface area contributed by atoms with Crippen molar-refractivity contribution in [1.29, 1.82) is 0 Å². The Morgan fingerprint density at radius 2 is 1.26 bits per heavy atom. The third-order valence-corrected chi connectivity index (χ3v) is 5.59. The maximum absolute atomic E-state index is 11.7. The highest BCUT2D eigenvalue weighted by molar-refractivity contribution is 5.69. The summed E-state index contributed by atoms with van der Waals surface area (Å²) in [4.78, 5) is 11.7. The number of carbonyl (C=O) groups excluding carboxylic acids is 1. The third kappa shape index (κ3) is 23.6. The molecule has 4 heteroatoms. The van der Waals surface area contributed by atoms with Gasteiger partial charge in [-0.15, -0.1) is 0 Å². The number of carbonyl (C=O) groups is 1. The Morgan fingerprint density at radius 3 is 1.84 bits per heavy atom. The van der Waals surface area contributed by atoms with Gasteiger partial charge in [0.25, 0.3) is 0 Å². The fourth-order valence-electron chi connectivity index (χ4n) is 3.55. The van der Waals surface area contributed by atoms with E-state index in [2.05, 4.69) is 26.0 Å². The lowest BCUT2D eigenvalue weighted by molar-refractivity contribution is -0.154. The SMILES string of the molecule is CCCCCCCC/C=C\CCCCCCCCOCC(CO)OC(=O)CCCCC. The third-order valence-electron chi connectivity index (χ3n) is 5.59. The van der Waals surface area contributed by atoms with E-state index in [1.54, 1.807) is 0 Å². The lowest BCUT2D eigenvalue weighted by Gasteiger charge is -2.15. The molecular formula is C27H52O4. The summed E-state index contributed by atoms with van der Waals surface area (Å²) in [7, 11) is 0. The van der Waals surface area contributed by atoms with Gasteiger partial charge in [0, 0.05) is 13.0 Å². The summed E-state index contributed by atoms with van der Waals surface area (Å²) < 4.78 is 10.8. The zero-order valence-electron chi connectivity index (χ0n) is 20.8. The van der Waals surface area contributed by atoms with Crippen LogP contribution in [-0.4, -0.2) is 37.0 Å². The van der Waals surface area contributed by atoms with Gasteiger partial charge in [0.05, 0.1) is 13.2 Å².